The fourth-order valence-corrected chi connectivity index (χ4v) is 1.31. The highest BCUT2D eigenvalue weighted by Crippen LogP contribution is 2.19. The second kappa shape index (κ2) is 4.66. The smallest absolute Gasteiger partial charge is 0.143 e. The molecule has 0 bridgehead atoms. The Morgan fingerprint density at radius 1 is 1.21 bits per heavy atom. The first-order valence-corrected chi connectivity index (χ1v) is 5.54. The summed E-state index contributed by atoms with van der Waals surface area (Å²) in [4.78, 5) is 0. The minimum atomic E-state index is 0.300. The standard InChI is InChI=1S/C10H11BrO3/c11-7-14-9-3-1-8(2-4-9)12-5-10-6-13-10/h1-4,10H,5-7H2. The van der Waals surface area contributed by atoms with Crippen molar-refractivity contribution in [1.29, 1.82) is 0 Å². The van der Waals surface area contributed by atoms with Crippen LogP contribution < -0.4 is 9.47 Å². The number of hydrogen-bond donors (Lipinski definition) is 0. The summed E-state index contributed by atoms with van der Waals surface area (Å²) < 4.78 is 15.7. The topological polar surface area (TPSA) is 31.0 Å². The van der Waals surface area contributed by atoms with Gasteiger partial charge in [0.25, 0.3) is 0 Å². The SMILES string of the molecule is BrCOc1ccc(OCC2CO2)cc1. The van der Waals surface area contributed by atoms with E-state index in [1.165, 1.54) is 0 Å². The lowest BCUT2D eigenvalue weighted by Crippen LogP contribution is -2.03. The molecule has 1 fully saturated rings. The zero-order chi connectivity index (χ0) is 9.80. The number of rotatable bonds is 5. The van der Waals surface area contributed by atoms with Crippen molar-refractivity contribution in [3.8, 4) is 11.5 Å². The third kappa shape index (κ3) is 2.89. The molecule has 0 amide bonds. The Balaban J connectivity index is 1.84. The first-order chi connectivity index (χ1) is 6.88. The number of benzene rings is 1. The molecule has 1 aliphatic rings. The van der Waals surface area contributed by atoms with Crippen LogP contribution in [0, 0.1) is 0 Å². The molecule has 14 heavy (non-hydrogen) atoms. The van der Waals surface area contributed by atoms with Gasteiger partial charge in [-0.2, -0.15) is 0 Å². The summed E-state index contributed by atoms with van der Waals surface area (Å²) in [5.41, 5.74) is 0.503. The highest BCUT2D eigenvalue weighted by molar-refractivity contribution is 9.09. The Morgan fingerprint density at radius 2 is 1.79 bits per heavy atom. The van der Waals surface area contributed by atoms with E-state index in [4.69, 9.17) is 14.2 Å². The van der Waals surface area contributed by atoms with E-state index in [1.807, 2.05) is 24.3 Å². The molecule has 1 saturated heterocycles. The van der Waals surface area contributed by atoms with Crippen LogP contribution in [-0.2, 0) is 4.74 Å². The van der Waals surface area contributed by atoms with Gasteiger partial charge in [-0.25, -0.2) is 0 Å². The van der Waals surface area contributed by atoms with Crippen molar-refractivity contribution in [3.63, 3.8) is 0 Å². The summed E-state index contributed by atoms with van der Waals surface area (Å²) >= 11 is 3.19. The van der Waals surface area contributed by atoms with Gasteiger partial charge in [0.15, 0.2) is 0 Å². The highest BCUT2D eigenvalue weighted by atomic mass is 79.9. The van der Waals surface area contributed by atoms with Gasteiger partial charge in [-0.05, 0) is 40.2 Å². The molecule has 0 aliphatic carbocycles. The Labute approximate surface area is 91.1 Å². The zero-order valence-electron chi connectivity index (χ0n) is 7.61. The first kappa shape index (κ1) is 9.80. The Hall–Kier alpha value is -0.740. The number of alkyl halides is 1. The maximum absolute atomic E-state index is 5.47. The first-order valence-electron chi connectivity index (χ1n) is 4.42. The van der Waals surface area contributed by atoms with Crippen LogP contribution in [0.3, 0.4) is 0 Å². The van der Waals surface area contributed by atoms with Gasteiger partial charge in [0.1, 0.15) is 29.7 Å². The molecule has 0 spiro atoms. The second-order valence-electron chi connectivity index (χ2n) is 2.99. The van der Waals surface area contributed by atoms with E-state index in [9.17, 15) is 0 Å². The largest absolute Gasteiger partial charge is 0.491 e. The van der Waals surface area contributed by atoms with Crippen LogP contribution in [0.15, 0.2) is 24.3 Å². The Morgan fingerprint density at radius 3 is 2.29 bits per heavy atom. The van der Waals surface area contributed by atoms with Gasteiger partial charge in [0, 0.05) is 0 Å². The molecule has 0 saturated carbocycles. The maximum Gasteiger partial charge on any atom is 0.143 e. The lowest BCUT2D eigenvalue weighted by Gasteiger charge is -2.05. The maximum atomic E-state index is 5.47. The lowest BCUT2D eigenvalue weighted by atomic mass is 10.3. The summed E-state index contributed by atoms with van der Waals surface area (Å²) in [6.45, 7) is 1.46. The van der Waals surface area contributed by atoms with Crippen LogP contribution in [0.2, 0.25) is 0 Å². The van der Waals surface area contributed by atoms with Gasteiger partial charge in [0.05, 0.1) is 6.61 Å². The van der Waals surface area contributed by atoms with E-state index in [-0.39, 0.29) is 0 Å². The number of epoxide rings is 1. The minimum absolute atomic E-state index is 0.300. The zero-order valence-corrected chi connectivity index (χ0v) is 9.20. The number of hydrogen-bond acceptors (Lipinski definition) is 3. The summed E-state index contributed by atoms with van der Waals surface area (Å²) in [7, 11) is 0. The molecule has 0 radical (unpaired) electrons. The van der Waals surface area contributed by atoms with Crippen LogP contribution in [0.25, 0.3) is 0 Å². The summed E-state index contributed by atoms with van der Waals surface area (Å²) in [6.07, 6.45) is 0.300. The summed E-state index contributed by atoms with van der Waals surface area (Å²) in [5, 5.41) is 0. The van der Waals surface area contributed by atoms with Gasteiger partial charge >= 0.3 is 0 Å². The van der Waals surface area contributed by atoms with Crippen molar-refractivity contribution in [2.75, 3.05) is 18.7 Å². The monoisotopic (exact) mass is 258 g/mol. The van der Waals surface area contributed by atoms with Crippen molar-refractivity contribution in [2.24, 2.45) is 0 Å². The van der Waals surface area contributed by atoms with Crippen LogP contribution in [0.4, 0.5) is 0 Å². The van der Waals surface area contributed by atoms with Crippen LogP contribution >= 0.6 is 15.9 Å². The molecule has 2 rings (SSSR count). The van der Waals surface area contributed by atoms with Crippen molar-refractivity contribution in [2.45, 2.75) is 6.10 Å². The third-order valence-corrected chi connectivity index (χ3v) is 2.11. The molecule has 1 unspecified atom stereocenters. The predicted molar refractivity (Wildman–Crippen MR) is 56.1 cm³/mol. The third-order valence-electron chi connectivity index (χ3n) is 1.88. The average molecular weight is 259 g/mol. The molecule has 0 N–H and O–H groups in total. The quantitative estimate of drug-likeness (QED) is 0.600. The average Bonchev–Trinajstić information content (AvgIpc) is 3.01. The molecule has 76 valence electrons. The molecular formula is C10H11BrO3. The van der Waals surface area contributed by atoms with Crippen molar-refractivity contribution >= 4 is 15.9 Å². The van der Waals surface area contributed by atoms with E-state index in [0.717, 1.165) is 18.1 Å². The molecule has 0 aromatic heterocycles. The fraction of sp³-hybridized carbons (Fsp3) is 0.400. The molecule has 1 heterocycles. The minimum Gasteiger partial charge on any atom is -0.491 e. The van der Waals surface area contributed by atoms with Gasteiger partial charge in [-0.15, -0.1) is 0 Å². The molecule has 1 atom stereocenters. The molecule has 1 aliphatic heterocycles. The van der Waals surface area contributed by atoms with E-state index < -0.39 is 0 Å². The van der Waals surface area contributed by atoms with Gasteiger partial charge in [-0.1, -0.05) is 0 Å². The molecule has 4 heteroatoms. The summed E-state index contributed by atoms with van der Waals surface area (Å²) in [6, 6.07) is 7.54. The highest BCUT2D eigenvalue weighted by Gasteiger charge is 2.22. The van der Waals surface area contributed by atoms with Crippen molar-refractivity contribution in [1.82, 2.24) is 0 Å². The van der Waals surface area contributed by atoms with Gasteiger partial charge in [-0.3, -0.25) is 0 Å². The molecular weight excluding hydrogens is 248 g/mol. The lowest BCUT2D eigenvalue weighted by molar-refractivity contribution is 0.262. The van der Waals surface area contributed by atoms with Crippen molar-refractivity contribution in [3.05, 3.63) is 24.3 Å². The van der Waals surface area contributed by atoms with Crippen LogP contribution in [0.1, 0.15) is 0 Å². The molecule has 1 aromatic carbocycles. The number of ether oxygens (including phenoxy) is 3. The molecule has 1 aromatic rings. The normalized spacial score (nSPS) is 19.1. The Kier molecular flexibility index (Phi) is 3.26. The van der Waals surface area contributed by atoms with E-state index in [2.05, 4.69) is 15.9 Å². The number of halogens is 1. The van der Waals surface area contributed by atoms with Crippen LogP contribution in [0.5, 0.6) is 11.5 Å². The van der Waals surface area contributed by atoms with Gasteiger partial charge < -0.3 is 14.2 Å². The van der Waals surface area contributed by atoms with E-state index in [0.29, 0.717) is 18.2 Å². The summed E-state index contributed by atoms with van der Waals surface area (Å²) in [5.74, 6) is 1.68. The van der Waals surface area contributed by atoms with E-state index >= 15 is 0 Å². The predicted octanol–water partition coefficient (Wildman–Crippen LogP) is 2.20. The Bertz CT molecular complexity index is 282. The van der Waals surface area contributed by atoms with E-state index in [1.54, 1.807) is 0 Å². The van der Waals surface area contributed by atoms with Crippen molar-refractivity contribution < 1.29 is 14.2 Å². The van der Waals surface area contributed by atoms with Gasteiger partial charge in [0.2, 0.25) is 0 Å². The van der Waals surface area contributed by atoms with Crippen LogP contribution in [-0.4, -0.2) is 24.8 Å². The molecule has 3 nitrogen and oxygen atoms in total. The second-order valence-corrected chi connectivity index (χ2v) is 3.45. The fourth-order valence-electron chi connectivity index (χ4n) is 1.05.